The van der Waals surface area contributed by atoms with E-state index >= 15 is 0 Å². The molecule has 0 aromatic heterocycles. The topological polar surface area (TPSA) is 95.9 Å². The van der Waals surface area contributed by atoms with E-state index in [-0.39, 0.29) is 36.8 Å². The van der Waals surface area contributed by atoms with Crippen LogP contribution in [0.4, 0.5) is 4.79 Å². The highest BCUT2D eigenvalue weighted by Crippen LogP contribution is 2.44. The molecule has 0 saturated carbocycles. The molecule has 1 aliphatic heterocycles. The van der Waals surface area contributed by atoms with Crippen LogP contribution < -0.4 is 5.32 Å². The zero-order valence-electron chi connectivity index (χ0n) is 20.1. The molecule has 7 heteroatoms. The Morgan fingerprint density at radius 1 is 1.09 bits per heavy atom. The largest absolute Gasteiger partial charge is 0.481 e. The molecule has 2 aromatic carbocycles. The molecule has 1 saturated heterocycles. The maximum absolute atomic E-state index is 13.2. The van der Waals surface area contributed by atoms with Crippen LogP contribution in [0.3, 0.4) is 0 Å². The van der Waals surface area contributed by atoms with Crippen LogP contribution in [0.15, 0.2) is 48.5 Å². The SMILES string of the molecule is CC(C)[C@@H](NC(=O)OCC1c2ccccc2-c2ccccc21)C(=O)N1C[C@@H](C)[C@](C)(C(=O)O)C1. The molecule has 2 aliphatic rings. The summed E-state index contributed by atoms with van der Waals surface area (Å²) in [7, 11) is 0. The van der Waals surface area contributed by atoms with Gasteiger partial charge >= 0.3 is 12.1 Å². The van der Waals surface area contributed by atoms with Crippen molar-refractivity contribution in [1.82, 2.24) is 10.2 Å². The van der Waals surface area contributed by atoms with E-state index in [1.807, 2.05) is 45.0 Å². The van der Waals surface area contributed by atoms with E-state index in [1.165, 1.54) is 0 Å². The average Bonchev–Trinajstić information content (AvgIpc) is 3.30. The number of amides is 2. The van der Waals surface area contributed by atoms with Gasteiger partial charge in [0.2, 0.25) is 5.91 Å². The van der Waals surface area contributed by atoms with Crippen LogP contribution in [0.25, 0.3) is 11.1 Å². The van der Waals surface area contributed by atoms with Crippen LogP contribution in [0.1, 0.15) is 44.7 Å². The molecule has 1 aliphatic carbocycles. The predicted octanol–water partition coefficient (Wildman–Crippen LogP) is 4.12. The van der Waals surface area contributed by atoms with E-state index in [4.69, 9.17) is 4.74 Å². The number of carbonyl (C=O) groups is 3. The van der Waals surface area contributed by atoms with Crippen LogP contribution in [0.2, 0.25) is 0 Å². The molecular formula is C27H32N2O5. The van der Waals surface area contributed by atoms with Gasteiger partial charge < -0.3 is 20.1 Å². The minimum absolute atomic E-state index is 0.0675. The first-order valence-electron chi connectivity index (χ1n) is 11.8. The number of carbonyl (C=O) groups excluding carboxylic acids is 2. The number of nitrogens with zero attached hydrogens (tertiary/aromatic N) is 1. The average molecular weight is 465 g/mol. The van der Waals surface area contributed by atoms with E-state index in [1.54, 1.807) is 11.8 Å². The van der Waals surface area contributed by atoms with E-state index in [0.29, 0.717) is 6.54 Å². The highest BCUT2D eigenvalue weighted by molar-refractivity contribution is 5.87. The number of hydrogen-bond donors (Lipinski definition) is 2. The molecule has 7 nitrogen and oxygen atoms in total. The summed E-state index contributed by atoms with van der Waals surface area (Å²) in [5.41, 5.74) is 3.53. The lowest BCUT2D eigenvalue weighted by Gasteiger charge is -2.27. The molecule has 2 amide bonds. The van der Waals surface area contributed by atoms with Crippen LogP contribution in [0, 0.1) is 17.3 Å². The predicted molar refractivity (Wildman–Crippen MR) is 128 cm³/mol. The number of aliphatic carboxylic acids is 1. The van der Waals surface area contributed by atoms with Crippen LogP contribution >= 0.6 is 0 Å². The number of rotatable bonds is 6. The highest BCUT2D eigenvalue weighted by Gasteiger charge is 2.49. The third-order valence-electron chi connectivity index (χ3n) is 7.45. The number of likely N-dealkylation sites (tertiary alicyclic amines) is 1. The summed E-state index contributed by atoms with van der Waals surface area (Å²) >= 11 is 0. The fraction of sp³-hybridized carbons (Fsp3) is 0.444. The Balaban J connectivity index is 1.43. The van der Waals surface area contributed by atoms with E-state index in [2.05, 4.69) is 29.6 Å². The van der Waals surface area contributed by atoms with Crippen molar-refractivity contribution in [2.24, 2.45) is 17.3 Å². The molecule has 0 unspecified atom stereocenters. The molecule has 180 valence electrons. The van der Waals surface area contributed by atoms with Gasteiger partial charge in [0.05, 0.1) is 5.41 Å². The maximum Gasteiger partial charge on any atom is 0.407 e. The standard InChI is InChI=1S/C27H32N2O5/c1-16(2)23(24(30)29-13-17(3)27(4,15-29)25(31)32)28-26(33)34-14-22-20-11-7-5-9-18(20)19-10-6-8-12-21(19)22/h5-12,16-17,22-23H,13-15H2,1-4H3,(H,28,33)(H,31,32)/t17-,23-,27-/m1/s1. The first-order valence-corrected chi connectivity index (χ1v) is 11.8. The Morgan fingerprint density at radius 2 is 1.65 bits per heavy atom. The van der Waals surface area contributed by atoms with Gasteiger partial charge in [-0.3, -0.25) is 9.59 Å². The lowest BCUT2D eigenvalue weighted by molar-refractivity contribution is -0.149. The number of benzene rings is 2. The van der Waals surface area contributed by atoms with E-state index in [9.17, 15) is 19.5 Å². The Kier molecular flexibility index (Phi) is 6.39. The molecule has 1 heterocycles. The molecule has 3 atom stereocenters. The van der Waals surface area contributed by atoms with Crippen molar-refractivity contribution in [3.8, 4) is 11.1 Å². The number of carboxylic acid groups (broad SMARTS) is 1. The van der Waals surface area contributed by atoms with Crippen molar-refractivity contribution < 1.29 is 24.2 Å². The molecule has 1 fully saturated rings. The normalized spacial score (nSPS) is 22.3. The molecule has 2 N–H and O–H groups in total. The Morgan fingerprint density at radius 3 is 2.15 bits per heavy atom. The van der Waals surface area contributed by atoms with Crippen LogP contribution in [0.5, 0.6) is 0 Å². The summed E-state index contributed by atoms with van der Waals surface area (Å²) in [4.78, 5) is 39.3. The van der Waals surface area contributed by atoms with Gasteiger partial charge in [-0.25, -0.2) is 4.79 Å². The lowest BCUT2D eigenvalue weighted by atomic mass is 9.81. The number of fused-ring (bicyclic) bond motifs is 3. The summed E-state index contributed by atoms with van der Waals surface area (Å²) in [6.45, 7) is 7.83. The maximum atomic E-state index is 13.2. The van der Waals surface area contributed by atoms with Gasteiger partial charge in [-0.15, -0.1) is 0 Å². The van der Waals surface area contributed by atoms with Gasteiger partial charge in [-0.05, 0) is 41.0 Å². The van der Waals surface area contributed by atoms with Crippen molar-refractivity contribution in [3.63, 3.8) is 0 Å². The number of hydrogen-bond acceptors (Lipinski definition) is 4. The van der Waals surface area contributed by atoms with Crippen molar-refractivity contribution >= 4 is 18.0 Å². The van der Waals surface area contributed by atoms with Gasteiger partial charge in [-0.1, -0.05) is 69.3 Å². The second-order valence-corrected chi connectivity index (χ2v) is 10.0. The van der Waals surface area contributed by atoms with Gasteiger partial charge in [0.1, 0.15) is 12.6 Å². The fourth-order valence-corrected chi connectivity index (χ4v) is 5.07. The number of alkyl carbamates (subject to hydrolysis) is 1. The second kappa shape index (κ2) is 9.12. The van der Waals surface area contributed by atoms with Crippen molar-refractivity contribution in [2.45, 2.75) is 39.7 Å². The Hall–Kier alpha value is -3.35. The van der Waals surface area contributed by atoms with Crippen LogP contribution in [-0.2, 0) is 14.3 Å². The van der Waals surface area contributed by atoms with Gasteiger partial charge in [-0.2, -0.15) is 0 Å². The van der Waals surface area contributed by atoms with Gasteiger partial charge in [0.15, 0.2) is 0 Å². The third-order valence-corrected chi connectivity index (χ3v) is 7.45. The van der Waals surface area contributed by atoms with Crippen molar-refractivity contribution in [3.05, 3.63) is 59.7 Å². The minimum Gasteiger partial charge on any atom is -0.481 e. The quantitative estimate of drug-likeness (QED) is 0.671. The number of carboxylic acids is 1. The minimum atomic E-state index is -0.999. The smallest absolute Gasteiger partial charge is 0.407 e. The molecule has 0 radical (unpaired) electrons. The van der Waals surface area contributed by atoms with Crippen molar-refractivity contribution in [2.75, 3.05) is 19.7 Å². The Labute approximate surface area is 200 Å². The summed E-state index contributed by atoms with van der Waals surface area (Å²) in [6.07, 6.45) is -0.651. The zero-order valence-corrected chi connectivity index (χ0v) is 20.1. The van der Waals surface area contributed by atoms with Gasteiger partial charge in [0, 0.05) is 19.0 Å². The molecule has 2 aromatic rings. The third kappa shape index (κ3) is 4.15. The summed E-state index contributed by atoms with van der Waals surface area (Å²) in [5, 5.41) is 12.4. The summed E-state index contributed by atoms with van der Waals surface area (Å²) < 4.78 is 5.62. The fourth-order valence-electron chi connectivity index (χ4n) is 5.07. The van der Waals surface area contributed by atoms with E-state index < -0.39 is 23.5 Å². The first-order chi connectivity index (χ1) is 16.1. The second-order valence-electron chi connectivity index (χ2n) is 10.0. The first kappa shape index (κ1) is 23.8. The summed E-state index contributed by atoms with van der Waals surface area (Å²) in [6, 6.07) is 15.4. The molecular weight excluding hydrogens is 432 g/mol. The zero-order chi connectivity index (χ0) is 24.6. The van der Waals surface area contributed by atoms with Crippen LogP contribution in [-0.4, -0.2) is 53.7 Å². The molecule has 34 heavy (non-hydrogen) atoms. The van der Waals surface area contributed by atoms with E-state index in [0.717, 1.165) is 22.3 Å². The lowest BCUT2D eigenvalue weighted by Crippen LogP contribution is -2.51. The van der Waals surface area contributed by atoms with Gasteiger partial charge in [0.25, 0.3) is 0 Å². The number of nitrogens with one attached hydrogen (secondary N) is 1. The molecule has 4 rings (SSSR count). The monoisotopic (exact) mass is 464 g/mol. The molecule has 0 bridgehead atoms. The molecule has 0 spiro atoms. The highest BCUT2D eigenvalue weighted by atomic mass is 16.5. The van der Waals surface area contributed by atoms with Crippen molar-refractivity contribution in [1.29, 1.82) is 0 Å². The number of ether oxygens (including phenoxy) is 1. The summed E-state index contributed by atoms with van der Waals surface area (Å²) in [5.74, 6) is -1.63. The Bertz CT molecular complexity index is 1070.